The van der Waals surface area contributed by atoms with Crippen LogP contribution in [0.25, 0.3) is 0 Å². The molecular formula is C28H35NO6. The van der Waals surface area contributed by atoms with E-state index in [4.69, 9.17) is 14.2 Å². The molecule has 0 saturated carbocycles. The number of carbonyl (C=O) groups excluding carboxylic acids is 2. The van der Waals surface area contributed by atoms with Crippen LogP contribution in [0.3, 0.4) is 0 Å². The Labute approximate surface area is 207 Å². The maximum Gasteiger partial charge on any atom is 0.303 e. The normalized spacial score (nSPS) is 23.5. The minimum absolute atomic E-state index is 0.0194. The first-order chi connectivity index (χ1) is 16.6. The first-order valence-corrected chi connectivity index (χ1v) is 12.2. The molecule has 1 N–H and O–H groups in total. The molecule has 2 aliphatic rings. The molecule has 0 spiro atoms. The van der Waals surface area contributed by atoms with Crippen LogP contribution in [-0.2, 0) is 27.2 Å². The number of ether oxygens (including phenoxy) is 3. The fourth-order valence-corrected chi connectivity index (χ4v) is 5.43. The van der Waals surface area contributed by atoms with Gasteiger partial charge in [-0.2, -0.15) is 0 Å². The molecule has 4 atom stereocenters. The van der Waals surface area contributed by atoms with Gasteiger partial charge in [-0.05, 0) is 42.7 Å². The Balaban J connectivity index is 1.59. The monoisotopic (exact) mass is 481 g/mol. The second kappa shape index (κ2) is 9.90. The number of esters is 1. The number of hydrogen-bond donors (Lipinski definition) is 1. The van der Waals surface area contributed by atoms with E-state index in [-0.39, 0.29) is 17.9 Å². The van der Waals surface area contributed by atoms with Crippen molar-refractivity contribution < 1.29 is 28.9 Å². The number of carbonyl (C=O) groups is 2. The summed E-state index contributed by atoms with van der Waals surface area (Å²) in [7, 11) is 1.62. The molecule has 4 unspecified atom stereocenters. The first-order valence-electron chi connectivity index (χ1n) is 12.2. The fourth-order valence-electron chi connectivity index (χ4n) is 5.43. The number of nitrogens with zero attached hydrogens (tertiary/aromatic N) is 1. The summed E-state index contributed by atoms with van der Waals surface area (Å²) in [6.45, 7) is 7.39. The smallest absolute Gasteiger partial charge is 0.303 e. The number of benzene rings is 2. The van der Waals surface area contributed by atoms with Crippen molar-refractivity contribution in [2.24, 2.45) is 5.41 Å². The van der Waals surface area contributed by atoms with Crippen LogP contribution < -0.4 is 9.47 Å². The largest absolute Gasteiger partial charge is 0.493 e. The molecule has 1 saturated heterocycles. The summed E-state index contributed by atoms with van der Waals surface area (Å²) in [5.74, 6) is 0.422. The Morgan fingerprint density at radius 1 is 1.09 bits per heavy atom. The van der Waals surface area contributed by atoms with E-state index in [2.05, 4.69) is 24.3 Å². The lowest BCUT2D eigenvalue weighted by molar-refractivity contribution is -0.157. The number of methoxy groups -OCH3 is 1. The van der Waals surface area contributed by atoms with Crippen LogP contribution in [0, 0.1) is 5.41 Å². The van der Waals surface area contributed by atoms with Gasteiger partial charge in [0.25, 0.3) is 5.91 Å². The van der Waals surface area contributed by atoms with E-state index < -0.39 is 23.6 Å². The molecular weight excluding hydrogens is 446 g/mol. The van der Waals surface area contributed by atoms with Crippen LogP contribution in [0.15, 0.2) is 42.5 Å². The van der Waals surface area contributed by atoms with Crippen molar-refractivity contribution in [2.75, 3.05) is 20.2 Å². The van der Waals surface area contributed by atoms with E-state index in [9.17, 15) is 14.7 Å². The van der Waals surface area contributed by atoms with E-state index in [1.54, 1.807) is 25.9 Å². The summed E-state index contributed by atoms with van der Waals surface area (Å²) >= 11 is 0. The third-order valence-corrected chi connectivity index (χ3v) is 7.58. The van der Waals surface area contributed by atoms with E-state index in [0.717, 1.165) is 18.4 Å². The standard InChI is InChI=1S/C28H35NO6/c1-17(34-19(3)31)27(32)29-15-24(28(4,16-29)18(2)30)22-10-11-25(33-5)26(14-22)35-23-12-20-8-6-7-9-21(20)13-23/h6-11,14,17-18,23-24,30H,12-13,15-16H2,1-5H3. The molecule has 2 aromatic carbocycles. The molecule has 0 bridgehead atoms. The molecule has 2 aromatic rings. The third kappa shape index (κ3) is 5.01. The Kier molecular flexibility index (Phi) is 7.08. The molecule has 1 aliphatic heterocycles. The number of fused-ring (bicyclic) bond motifs is 1. The van der Waals surface area contributed by atoms with Crippen molar-refractivity contribution in [3.8, 4) is 11.5 Å². The summed E-state index contributed by atoms with van der Waals surface area (Å²) in [5, 5.41) is 10.7. The van der Waals surface area contributed by atoms with Gasteiger partial charge in [-0.25, -0.2) is 0 Å². The van der Waals surface area contributed by atoms with E-state index >= 15 is 0 Å². The van der Waals surface area contributed by atoms with Gasteiger partial charge in [0.2, 0.25) is 0 Å². The minimum Gasteiger partial charge on any atom is -0.493 e. The number of aliphatic hydroxyl groups is 1. The average molecular weight is 482 g/mol. The van der Waals surface area contributed by atoms with Gasteiger partial charge in [-0.15, -0.1) is 0 Å². The van der Waals surface area contributed by atoms with Crippen molar-refractivity contribution >= 4 is 11.9 Å². The van der Waals surface area contributed by atoms with Gasteiger partial charge in [-0.1, -0.05) is 37.3 Å². The summed E-state index contributed by atoms with van der Waals surface area (Å²) in [4.78, 5) is 26.0. The zero-order valence-corrected chi connectivity index (χ0v) is 21.1. The van der Waals surface area contributed by atoms with Crippen molar-refractivity contribution in [2.45, 2.75) is 64.8 Å². The van der Waals surface area contributed by atoms with Crippen LogP contribution in [0.1, 0.15) is 50.3 Å². The summed E-state index contributed by atoms with van der Waals surface area (Å²) < 4.78 is 17.1. The Bertz CT molecular complexity index is 1070. The Hall–Kier alpha value is -3.06. The lowest BCUT2D eigenvalue weighted by Crippen LogP contribution is -2.41. The van der Waals surface area contributed by atoms with Crippen molar-refractivity contribution in [3.05, 3.63) is 59.2 Å². The van der Waals surface area contributed by atoms with Crippen LogP contribution >= 0.6 is 0 Å². The molecule has 1 heterocycles. The summed E-state index contributed by atoms with van der Waals surface area (Å²) in [5.41, 5.74) is 3.00. The van der Waals surface area contributed by atoms with Gasteiger partial charge in [0.15, 0.2) is 17.6 Å². The highest BCUT2D eigenvalue weighted by atomic mass is 16.5. The van der Waals surface area contributed by atoms with Crippen molar-refractivity contribution in [1.29, 1.82) is 0 Å². The van der Waals surface area contributed by atoms with Gasteiger partial charge in [0.05, 0.1) is 13.2 Å². The molecule has 7 nitrogen and oxygen atoms in total. The highest BCUT2D eigenvalue weighted by molar-refractivity contribution is 5.83. The average Bonchev–Trinajstić information content (AvgIpc) is 3.39. The lowest BCUT2D eigenvalue weighted by Gasteiger charge is -2.34. The number of hydrogen-bond acceptors (Lipinski definition) is 6. The van der Waals surface area contributed by atoms with Gasteiger partial charge >= 0.3 is 5.97 Å². The fraction of sp³-hybridized carbons (Fsp3) is 0.500. The number of likely N-dealkylation sites (tertiary alicyclic amines) is 1. The Morgan fingerprint density at radius 3 is 2.31 bits per heavy atom. The number of rotatable bonds is 7. The van der Waals surface area contributed by atoms with Gasteiger partial charge in [0, 0.05) is 44.2 Å². The molecule has 0 aromatic heterocycles. The summed E-state index contributed by atoms with van der Waals surface area (Å²) in [6, 6.07) is 14.2. The molecule has 7 heteroatoms. The van der Waals surface area contributed by atoms with Crippen LogP contribution in [-0.4, -0.2) is 60.4 Å². The third-order valence-electron chi connectivity index (χ3n) is 7.58. The molecule has 1 fully saturated rings. The molecule has 4 rings (SSSR count). The molecule has 1 amide bonds. The predicted molar refractivity (Wildman–Crippen MR) is 132 cm³/mol. The van der Waals surface area contributed by atoms with E-state index in [1.165, 1.54) is 18.1 Å². The highest BCUT2D eigenvalue weighted by Gasteiger charge is 2.49. The van der Waals surface area contributed by atoms with Crippen LogP contribution in [0.2, 0.25) is 0 Å². The van der Waals surface area contributed by atoms with Crippen molar-refractivity contribution in [1.82, 2.24) is 4.90 Å². The first kappa shape index (κ1) is 25.0. The van der Waals surface area contributed by atoms with Crippen LogP contribution in [0.4, 0.5) is 0 Å². The number of amides is 1. The van der Waals surface area contributed by atoms with E-state index in [0.29, 0.717) is 24.6 Å². The second-order valence-electron chi connectivity index (χ2n) is 10.0. The molecule has 188 valence electrons. The zero-order chi connectivity index (χ0) is 25.3. The van der Waals surface area contributed by atoms with E-state index in [1.807, 2.05) is 25.1 Å². The molecule has 0 radical (unpaired) electrons. The van der Waals surface area contributed by atoms with Crippen molar-refractivity contribution in [3.63, 3.8) is 0 Å². The number of aliphatic hydroxyl groups excluding tert-OH is 1. The maximum absolute atomic E-state index is 13.0. The molecule has 1 aliphatic carbocycles. The van der Waals surface area contributed by atoms with Gasteiger partial charge in [0.1, 0.15) is 6.10 Å². The Morgan fingerprint density at radius 2 is 1.74 bits per heavy atom. The maximum atomic E-state index is 13.0. The van der Waals surface area contributed by atoms with Gasteiger partial charge < -0.3 is 24.2 Å². The second-order valence-corrected chi connectivity index (χ2v) is 10.0. The predicted octanol–water partition coefficient (Wildman–Crippen LogP) is 3.51. The van der Waals surface area contributed by atoms with Gasteiger partial charge in [-0.3, -0.25) is 9.59 Å². The quantitative estimate of drug-likeness (QED) is 0.610. The zero-order valence-electron chi connectivity index (χ0n) is 21.1. The summed E-state index contributed by atoms with van der Waals surface area (Å²) in [6.07, 6.45) is 0.169. The highest BCUT2D eigenvalue weighted by Crippen LogP contribution is 2.47. The SMILES string of the molecule is COc1ccc(C2CN(C(=O)C(C)OC(C)=O)CC2(C)C(C)O)cc1OC1Cc2ccccc2C1. The lowest BCUT2D eigenvalue weighted by atomic mass is 9.72. The molecule has 35 heavy (non-hydrogen) atoms. The topological polar surface area (TPSA) is 85.3 Å². The minimum atomic E-state index is -0.872. The van der Waals surface area contributed by atoms with Crippen LogP contribution in [0.5, 0.6) is 11.5 Å².